The summed E-state index contributed by atoms with van der Waals surface area (Å²) in [6.45, 7) is 1.83. The van der Waals surface area contributed by atoms with Gasteiger partial charge in [0, 0.05) is 17.7 Å². The Bertz CT molecular complexity index is 342. The zero-order valence-corrected chi connectivity index (χ0v) is 9.07. The molecular formula is C10H16N2O3. The van der Waals surface area contributed by atoms with Gasteiger partial charge in [0.2, 0.25) is 0 Å². The van der Waals surface area contributed by atoms with Crippen LogP contribution < -0.4 is 20.7 Å². The Labute approximate surface area is 88.8 Å². The van der Waals surface area contributed by atoms with Crippen LogP contribution >= 0.6 is 0 Å². The second-order valence-electron chi connectivity index (χ2n) is 3.15. The number of aromatic hydroxyl groups is 1. The third-order valence-electron chi connectivity index (χ3n) is 2.25. The van der Waals surface area contributed by atoms with E-state index in [1.165, 1.54) is 13.2 Å². The summed E-state index contributed by atoms with van der Waals surface area (Å²) >= 11 is 0. The number of phenolic OH excluding ortho intramolecular Hbond substituents is 1. The Balaban J connectivity index is 3.19. The Kier molecular flexibility index (Phi) is 3.76. The van der Waals surface area contributed by atoms with Gasteiger partial charge in [-0.3, -0.25) is 11.3 Å². The predicted molar refractivity (Wildman–Crippen MR) is 56.9 cm³/mol. The lowest BCUT2D eigenvalue weighted by molar-refractivity contribution is 0.349. The van der Waals surface area contributed by atoms with Gasteiger partial charge < -0.3 is 14.6 Å². The zero-order valence-electron chi connectivity index (χ0n) is 9.07. The normalized spacial score (nSPS) is 12.3. The number of benzene rings is 1. The second kappa shape index (κ2) is 4.86. The second-order valence-corrected chi connectivity index (χ2v) is 3.15. The third-order valence-corrected chi connectivity index (χ3v) is 2.25. The number of rotatable bonds is 4. The fourth-order valence-corrected chi connectivity index (χ4v) is 1.32. The number of methoxy groups -OCH3 is 2. The highest BCUT2D eigenvalue weighted by Crippen LogP contribution is 2.36. The number of ether oxygens (including phenoxy) is 2. The molecule has 0 aliphatic heterocycles. The van der Waals surface area contributed by atoms with E-state index in [2.05, 4.69) is 5.43 Å². The first-order valence-electron chi connectivity index (χ1n) is 4.55. The van der Waals surface area contributed by atoms with Crippen LogP contribution in [-0.2, 0) is 0 Å². The first kappa shape index (κ1) is 11.6. The molecule has 0 radical (unpaired) electrons. The fourth-order valence-electron chi connectivity index (χ4n) is 1.32. The van der Waals surface area contributed by atoms with Crippen LogP contribution in [0.15, 0.2) is 12.1 Å². The Morgan fingerprint density at radius 3 is 2.27 bits per heavy atom. The van der Waals surface area contributed by atoms with Crippen molar-refractivity contribution in [1.82, 2.24) is 5.43 Å². The first-order valence-corrected chi connectivity index (χ1v) is 4.55. The van der Waals surface area contributed by atoms with Crippen LogP contribution in [0.25, 0.3) is 0 Å². The molecule has 0 amide bonds. The molecule has 0 aromatic heterocycles. The molecule has 0 fully saturated rings. The fraction of sp³-hybridized carbons (Fsp3) is 0.400. The summed E-state index contributed by atoms with van der Waals surface area (Å²) in [4.78, 5) is 0. The summed E-state index contributed by atoms with van der Waals surface area (Å²) < 4.78 is 10.2. The minimum atomic E-state index is -0.162. The first-order chi connectivity index (χ1) is 7.13. The molecule has 1 aromatic rings. The van der Waals surface area contributed by atoms with E-state index in [1.807, 2.05) is 6.92 Å². The smallest absolute Gasteiger partial charge is 0.164 e. The van der Waals surface area contributed by atoms with Gasteiger partial charge >= 0.3 is 0 Å². The zero-order chi connectivity index (χ0) is 11.4. The summed E-state index contributed by atoms with van der Waals surface area (Å²) in [6.07, 6.45) is 0. The van der Waals surface area contributed by atoms with Gasteiger partial charge in [0.15, 0.2) is 11.5 Å². The predicted octanol–water partition coefficient (Wildman–Crippen LogP) is 0.934. The highest BCUT2D eigenvalue weighted by atomic mass is 16.5. The van der Waals surface area contributed by atoms with Gasteiger partial charge in [-0.25, -0.2) is 0 Å². The van der Waals surface area contributed by atoms with E-state index in [0.29, 0.717) is 17.1 Å². The van der Waals surface area contributed by atoms with Crippen molar-refractivity contribution in [3.8, 4) is 17.2 Å². The van der Waals surface area contributed by atoms with Crippen LogP contribution in [0.5, 0.6) is 17.2 Å². The monoisotopic (exact) mass is 212 g/mol. The van der Waals surface area contributed by atoms with E-state index in [4.69, 9.17) is 15.3 Å². The lowest BCUT2D eigenvalue weighted by Crippen LogP contribution is -2.25. The lowest BCUT2D eigenvalue weighted by Gasteiger charge is -2.15. The molecule has 4 N–H and O–H groups in total. The van der Waals surface area contributed by atoms with Crippen LogP contribution in [0.2, 0.25) is 0 Å². The molecule has 1 atom stereocenters. The van der Waals surface area contributed by atoms with E-state index < -0.39 is 0 Å². The van der Waals surface area contributed by atoms with Crippen molar-refractivity contribution in [2.75, 3.05) is 14.2 Å². The number of nitrogens with two attached hydrogens (primary N) is 1. The van der Waals surface area contributed by atoms with E-state index in [-0.39, 0.29) is 11.8 Å². The van der Waals surface area contributed by atoms with Crippen LogP contribution in [0, 0.1) is 0 Å². The molecule has 84 valence electrons. The number of hydrogen-bond acceptors (Lipinski definition) is 5. The maximum Gasteiger partial charge on any atom is 0.164 e. The van der Waals surface area contributed by atoms with Crippen LogP contribution in [0.4, 0.5) is 0 Å². The van der Waals surface area contributed by atoms with Crippen LogP contribution in [0.1, 0.15) is 18.5 Å². The Morgan fingerprint density at radius 2 is 1.80 bits per heavy atom. The number of hydrogen-bond donors (Lipinski definition) is 3. The summed E-state index contributed by atoms with van der Waals surface area (Å²) in [6, 6.07) is 3.03. The van der Waals surface area contributed by atoms with Crippen molar-refractivity contribution in [2.24, 2.45) is 5.84 Å². The molecule has 0 saturated carbocycles. The van der Waals surface area contributed by atoms with Crippen molar-refractivity contribution in [3.63, 3.8) is 0 Å². The van der Waals surface area contributed by atoms with Crippen molar-refractivity contribution in [2.45, 2.75) is 13.0 Å². The molecule has 0 unspecified atom stereocenters. The van der Waals surface area contributed by atoms with Gasteiger partial charge in [-0.2, -0.15) is 0 Å². The van der Waals surface area contributed by atoms with E-state index in [0.717, 1.165) is 0 Å². The number of nitrogens with one attached hydrogen (secondary N) is 1. The van der Waals surface area contributed by atoms with Crippen LogP contribution in [0.3, 0.4) is 0 Å². The standard InChI is InChI=1S/C10H16N2O3/c1-6(12-11)7-4-9(14-2)10(15-3)5-8(7)13/h4-6,12-13H,11H2,1-3H3/t6-/m1/s1. The molecule has 0 bridgehead atoms. The summed E-state index contributed by atoms with van der Waals surface area (Å²) in [7, 11) is 3.06. The molecule has 0 spiro atoms. The summed E-state index contributed by atoms with van der Waals surface area (Å²) in [5, 5.41) is 9.71. The summed E-state index contributed by atoms with van der Waals surface area (Å²) in [5.41, 5.74) is 3.22. The van der Waals surface area contributed by atoms with Gasteiger partial charge in [0.25, 0.3) is 0 Å². The molecule has 5 heteroatoms. The molecule has 0 aliphatic rings. The Hall–Kier alpha value is -1.46. The topological polar surface area (TPSA) is 76.7 Å². The number of phenols is 1. The molecule has 0 aliphatic carbocycles. The van der Waals surface area contributed by atoms with Gasteiger partial charge in [0.1, 0.15) is 5.75 Å². The lowest BCUT2D eigenvalue weighted by atomic mass is 10.1. The summed E-state index contributed by atoms with van der Waals surface area (Å²) in [5.74, 6) is 6.48. The van der Waals surface area contributed by atoms with Crippen molar-refractivity contribution < 1.29 is 14.6 Å². The van der Waals surface area contributed by atoms with Gasteiger partial charge in [0.05, 0.1) is 14.2 Å². The quantitative estimate of drug-likeness (QED) is 0.511. The van der Waals surface area contributed by atoms with E-state index in [1.54, 1.807) is 13.2 Å². The average molecular weight is 212 g/mol. The molecule has 15 heavy (non-hydrogen) atoms. The number of hydrazine groups is 1. The van der Waals surface area contributed by atoms with E-state index >= 15 is 0 Å². The average Bonchev–Trinajstić information content (AvgIpc) is 2.27. The van der Waals surface area contributed by atoms with Crippen LogP contribution in [-0.4, -0.2) is 19.3 Å². The highest BCUT2D eigenvalue weighted by Gasteiger charge is 2.14. The molecule has 0 saturated heterocycles. The SMILES string of the molecule is COc1cc(O)c([C@@H](C)NN)cc1OC. The van der Waals surface area contributed by atoms with E-state index in [9.17, 15) is 5.11 Å². The van der Waals surface area contributed by atoms with Crippen molar-refractivity contribution >= 4 is 0 Å². The molecule has 1 rings (SSSR count). The van der Waals surface area contributed by atoms with Crippen molar-refractivity contribution in [1.29, 1.82) is 0 Å². The Morgan fingerprint density at radius 1 is 1.27 bits per heavy atom. The largest absolute Gasteiger partial charge is 0.507 e. The molecule has 5 nitrogen and oxygen atoms in total. The maximum atomic E-state index is 9.71. The molecule has 1 aromatic carbocycles. The minimum Gasteiger partial charge on any atom is -0.507 e. The van der Waals surface area contributed by atoms with Crippen molar-refractivity contribution in [3.05, 3.63) is 17.7 Å². The van der Waals surface area contributed by atoms with Gasteiger partial charge in [-0.1, -0.05) is 0 Å². The molecular weight excluding hydrogens is 196 g/mol. The maximum absolute atomic E-state index is 9.71. The third kappa shape index (κ3) is 2.31. The molecule has 0 heterocycles. The van der Waals surface area contributed by atoms with Gasteiger partial charge in [-0.15, -0.1) is 0 Å². The minimum absolute atomic E-state index is 0.123. The van der Waals surface area contributed by atoms with Gasteiger partial charge in [-0.05, 0) is 13.0 Å². The highest BCUT2D eigenvalue weighted by molar-refractivity contribution is 5.51.